The van der Waals surface area contributed by atoms with Gasteiger partial charge in [0.1, 0.15) is 11.5 Å². The van der Waals surface area contributed by atoms with Gasteiger partial charge in [0.05, 0.1) is 38.3 Å². The summed E-state index contributed by atoms with van der Waals surface area (Å²) in [6.07, 6.45) is 7.89. The van der Waals surface area contributed by atoms with Crippen LogP contribution in [0.15, 0.2) is 84.9 Å². The van der Waals surface area contributed by atoms with Gasteiger partial charge >= 0.3 is 0 Å². The number of hydrogen-bond donors (Lipinski definition) is 4. The van der Waals surface area contributed by atoms with Gasteiger partial charge in [0.15, 0.2) is 34.2 Å². The van der Waals surface area contributed by atoms with Gasteiger partial charge in [-0.05, 0) is 37.1 Å². The van der Waals surface area contributed by atoms with Crippen molar-refractivity contribution in [3.05, 3.63) is 118 Å². The van der Waals surface area contributed by atoms with E-state index in [-0.39, 0.29) is 51.8 Å². The van der Waals surface area contributed by atoms with E-state index in [0.717, 1.165) is 22.3 Å². The lowest BCUT2D eigenvalue weighted by molar-refractivity contribution is -0.0267. The number of rotatable bonds is 8. The molecule has 8 rings (SSSR count). The van der Waals surface area contributed by atoms with E-state index in [1.54, 1.807) is 12.1 Å². The lowest BCUT2D eigenvalue weighted by Crippen LogP contribution is -2.45. The number of aliphatic hydroxyl groups excluding tert-OH is 4. The maximum Gasteiger partial charge on any atom is 0.231 e. The molecular weight excluding hydrogens is 640 g/mol. The predicted octanol–water partition coefficient (Wildman–Crippen LogP) is 5.27. The molecular formula is C40H40O10. The fraction of sp³-hybridized carbons (Fsp3) is 0.300. The van der Waals surface area contributed by atoms with Crippen molar-refractivity contribution in [3.63, 3.8) is 0 Å². The average molecular weight is 681 g/mol. The minimum atomic E-state index is -1.10. The van der Waals surface area contributed by atoms with Crippen molar-refractivity contribution >= 4 is 12.2 Å². The number of fused-ring (bicyclic) bond motifs is 4. The van der Waals surface area contributed by atoms with Gasteiger partial charge in [0.2, 0.25) is 13.6 Å². The Labute approximate surface area is 290 Å². The molecule has 0 amide bonds. The standard InChI is InChI=1S/2C20H20O5/c2*1-13-2-4-14(5-3-13)6-7-16-15-8-18-19(24-12-23-18)9-17(15)25-20(16,10-21)11-22/h2*2-9,16,21-22H,10-12H2,1H3/b2*7-6+/t2*16-/m00/s1. The van der Waals surface area contributed by atoms with Gasteiger partial charge in [0, 0.05) is 23.3 Å². The molecule has 10 nitrogen and oxygen atoms in total. The van der Waals surface area contributed by atoms with Gasteiger partial charge in [-0.2, -0.15) is 0 Å². The zero-order valence-corrected chi connectivity index (χ0v) is 27.9. The molecule has 0 aromatic heterocycles. The largest absolute Gasteiger partial charge is 0.481 e. The van der Waals surface area contributed by atoms with Crippen molar-refractivity contribution < 1.29 is 48.8 Å². The Hall–Kier alpha value is -5.00. The van der Waals surface area contributed by atoms with Crippen LogP contribution in [0, 0.1) is 13.8 Å². The molecule has 4 N–H and O–H groups in total. The van der Waals surface area contributed by atoms with Gasteiger partial charge in [0.25, 0.3) is 0 Å². The van der Waals surface area contributed by atoms with Crippen LogP contribution in [-0.4, -0.2) is 71.6 Å². The number of aliphatic hydroxyl groups is 4. The van der Waals surface area contributed by atoms with Gasteiger partial charge < -0.3 is 48.8 Å². The van der Waals surface area contributed by atoms with Crippen LogP contribution < -0.4 is 28.4 Å². The lowest BCUT2D eigenvalue weighted by atomic mass is 9.84. The highest BCUT2D eigenvalue weighted by Gasteiger charge is 2.49. The molecule has 4 aliphatic heterocycles. The molecule has 2 atom stereocenters. The van der Waals surface area contributed by atoms with Gasteiger partial charge in [-0.3, -0.25) is 0 Å². The highest BCUT2D eigenvalue weighted by Crippen LogP contribution is 2.52. The Bertz CT molecular complexity index is 1750. The van der Waals surface area contributed by atoms with Crippen LogP contribution in [0.5, 0.6) is 34.5 Å². The Morgan fingerprint density at radius 1 is 0.520 bits per heavy atom. The Morgan fingerprint density at radius 3 is 1.20 bits per heavy atom. The normalized spacial score (nSPS) is 19.9. The number of benzene rings is 4. The molecule has 0 unspecified atom stereocenters. The first-order valence-electron chi connectivity index (χ1n) is 16.5. The molecule has 4 heterocycles. The number of aryl methyl sites for hydroxylation is 2. The Morgan fingerprint density at radius 2 is 0.860 bits per heavy atom. The summed E-state index contributed by atoms with van der Waals surface area (Å²) in [4.78, 5) is 0. The molecule has 50 heavy (non-hydrogen) atoms. The number of hydrogen-bond acceptors (Lipinski definition) is 10. The average Bonchev–Trinajstić information content (AvgIpc) is 3.92. The van der Waals surface area contributed by atoms with E-state index in [9.17, 15) is 20.4 Å². The van der Waals surface area contributed by atoms with Crippen LogP contribution in [0.25, 0.3) is 12.2 Å². The van der Waals surface area contributed by atoms with E-state index in [1.165, 1.54) is 11.1 Å². The zero-order chi connectivity index (χ0) is 34.9. The summed E-state index contributed by atoms with van der Waals surface area (Å²) < 4.78 is 33.6. The third-order valence-electron chi connectivity index (χ3n) is 9.63. The summed E-state index contributed by atoms with van der Waals surface area (Å²) in [5.74, 6) is 3.15. The first kappa shape index (κ1) is 33.5. The van der Waals surface area contributed by atoms with E-state index in [1.807, 2.05) is 98.8 Å². The van der Waals surface area contributed by atoms with Crippen molar-refractivity contribution in [3.8, 4) is 34.5 Å². The maximum atomic E-state index is 9.92. The van der Waals surface area contributed by atoms with Crippen molar-refractivity contribution in [2.75, 3.05) is 40.0 Å². The van der Waals surface area contributed by atoms with Crippen LogP contribution in [0.4, 0.5) is 0 Å². The van der Waals surface area contributed by atoms with Crippen molar-refractivity contribution in [2.24, 2.45) is 0 Å². The fourth-order valence-electron chi connectivity index (χ4n) is 6.62. The molecule has 10 heteroatoms. The summed E-state index contributed by atoms with van der Waals surface area (Å²) in [5, 5.41) is 39.7. The molecule has 0 spiro atoms. The Kier molecular flexibility index (Phi) is 9.19. The monoisotopic (exact) mass is 680 g/mol. The van der Waals surface area contributed by atoms with E-state index >= 15 is 0 Å². The summed E-state index contributed by atoms with van der Waals surface area (Å²) in [7, 11) is 0. The second kappa shape index (κ2) is 13.7. The molecule has 4 aliphatic rings. The molecule has 0 radical (unpaired) electrons. The topological polar surface area (TPSA) is 136 Å². The molecule has 0 bridgehead atoms. The van der Waals surface area contributed by atoms with Crippen LogP contribution in [0.1, 0.15) is 45.2 Å². The fourth-order valence-corrected chi connectivity index (χ4v) is 6.62. The van der Waals surface area contributed by atoms with Gasteiger partial charge in [-0.1, -0.05) is 84.0 Å². The second-order valence-corrected chi connectivity index (χ2v) is 12.9. The van der Waals surface area contributed by atoms with Crippen molar-refractivity contribution in [1.29, 1.82) is 0 Å². The molecule has 0 saturated carbocycles. The maximum absolute atomic E-state index is 9.92. The van der Waals surface area contributed by atoms with E-state index in [2.05, 4.69) is 0 Å². The molecule has 0 saturated heterocycles. The minimum Gasteiger partial charge on any atom is -0.481 e. The smallest absolute Gasteiger partial charge is 0.231 e. The zero-order valence-electron chi connectivity index (χ0n) is 27.9. The van der Waals surface area contributed by atoms with Crippen LogP contribution in [-0.2, 0) is 0 Å². The summed E-state index contributed by atoms with van der Waals surface area (Å²) >= 11 is 0. The van der Waals surface area contributed by atoms with Crippen LogP contribution >= 0.6 is 0 Å². The van der Waals surface area contributed by atoms with E-state index in [4.69, 9.17) is 28.4 Å². The molecule has 260 valence electrons. The summed E-state index contributed by atoms with van der Waals surface area (Å²) in [5.41, 5.74) is 4.02. The lowest BCUT2D eigenvalue weighted by Gasteiger charge is -2.29. The highest BCUT2D eigenvalue weighted by molar-refractivity contribution is 5.61. The van der Waals surface area contributed by atoms with Crippen molar-refractivity contribution in [2.45, 2.75) is 36.9 Å². The van der Waals surface area contributed by atoms with Crippen LogP contribution in [0.3, 0.4) is 0 Å². The van der Waals surface area contributed by atoms with E-state index in [0.29, 0.717) is 34.5 Å². The third-order valence-corrected chi connectivity index (χ3v) is 9.63. The predicted molar refractivity (Wildman–Crippen MR) is 186 cm³/mol. The summed E-state index contributed by atoms with van der Waals surface area (Å²) in [6.45, 7) is 3.27. The molecule has 4 aromatic carbocycles. The second-order valence-electron chi connectivity index (χ2n) is 12.9. The third kappa shape index (κ3) is 6.16. The van der Waals surface area contributed by atoms with E-state index < -0.39 is 11.2 Å². The van der Waals surface area contributed by atoms with Crippen LogP contribution in [0.2, 0.25) is 0 Å². The Balaban J connectivity index is 0.000000157. The molecule has 0 fully saturated rings. The summed E-state index contributed by atoms with van der Waals surface area (Å²) in [6, 6.07) is 23.6. The van der Waals surface area contributed by atoms with Gasteiger partial charge in [-0.15, -0.1) is 0 Å². The quantitative estimate of drug-likeness (QED) is 0.195. The first-order chi connectivity index (χ1) is 24.3. The minimum absolute atomic E-state index is 0.188. The SMILES string of the molecule is Cc1ccc(/C=C/[C@H]2c3cc4c(cc3OC2(CO)CO)OCO4)cc1.Cc1ccc(/C=C/[C@H]2c3cc4c(cc3OC2(CO)CO)OCO4)cc1. The van der Waals surface area contributed by atoms with Crippen molar-refractivity contribution in [1.82, 2.24) is 0 Å². The highest BCUT2D eigenvalue weighted by atomic mass is 16.7. The first-order valence-corrected chi connectivity index (χ1v) is 16.5. The molecule has 0 aliphatic carbocycles. The van der Waals surface area contributed by atoms with Gasteiger partial charge in [-0.25, -0.2) is 0 Å². The molecule has 4 aromatic rings. The number of ether oxygens (including phenoxy) is 6.